The van der Waals surface area contributed by atoms with Crippen molar-refractivity contribution in [2.75, 3.05) is 90.9 Å². The Morgan fingerprint density at radius 1 is 0.522 bits per heavy atom. The quantitative estimate of drug-likeness (QED) is 0.0596. The van der Waals surface area contributed by atoms with Crippen LogP contribution in [0.5, 0.6) is 0 Å². The second-order valence-corrected chi connectivity index (χ2v) is 25.9. The van der Waals surface area contributed by atoms with E-state index in [-0.39, 0.29) is 56.1 Å². The summed E-state index contributed by atoms with van der Waals surface area (Å²) >= 11 is 0. The molecule has 1 aromatic rings. The lowest BCUT2D eigenvalue weighted by molar-refractivity contribution is -0.160. The molecule has 1 heterocycles. The topological polar surface area (TPSA) is 170 Å². The molecule has 1 saturated heterocycles. The fourth-order valence-electron chi connectivity index (χ4n) is 7.83. The van der Waals surface area contributed by atoms with Crippen LogP contribution in [0.2, 0.25) is 0 Å². The molecule has 1 aromatic carbocycles. The summed E-state index contributed by atoms with van der Waals surface area (Å²) in [6, 6.07) is 8.11. The standard InChI is InChI=1S/C51H92N5O10P/c1-47(2,3)62-43(57)36-53-26-27-54(37-44(58)63-48(4,5)6)30-31-56(39-46(60)65-50(10,11)12)42(35-55(29-28-53)38-45(59)64-49(7,8)9)34-41-23-21-40(22-24-41)20-19-33-67(61,66-51(13,14)15)32-18-16-17-25-52/h21-24,42H,16-20,25-39,52H2,1-15H3/t42-,67?/m0/s1. The first-order chi connectivity index (χ1) is 30.7. The molecule has 1 aliphatic heterocycles. The van der Waals surface area contributed by atoms with E-state index in [9.17, 15) is 23.7 Å². The maximum absolute atomic E-state index is 14.0. The smallest absolute Gasteiger partial charge is 0.320 e. The fraction of sp³-hybridized carbons (Fsp3) is 0.804. The number of aryl methyl sites for hydroxylation is 1. The van der Waals surface area contributed by atoms with Crippen LogP contribution in [-0.2, 0) is 60.1 Å². The Balaban J connectivity index is 2.58. The van der Waals surface area contributed by atoms with Crippen LogP contribution in [0.1, 0.15) is 141 Å². The van der Waals surface area contributed by atoms with E-state index in [1.54, 1.807) is 0 Å². The number of carbonyl (C=O) groups excluding carboxylic acids is 4. The molecule has 0 amide bonds. The van der Waals surface area contributed by atoms with E-state index >= 15 is 0 Å². The van der Waals surface area contributed by atoms with Crippen molar-refractivity contribution in [3.8, 4) is 0 Å². The number of unbranched alkanes of at least 4 members (excludes halogenated alkanes) is 2. The number of hydrogen-bond acceptors (Lipinski definition) is 15. The third-order valence-electron chi connectivity index (χ3n) is 10.3. The molecule has 2 atom stereocenters. The Labute approximate surface area is 405 Å². The van der Waals surface area contributed by atoms with Gasteiger partial charge in [-0.05, 0) is 154 Å². The van der Waals surface area contributed by atoms with Gasteiger partial charge in [-0.1, -0.05) is 30.7 Å². The van der Waals surface area contributed by atoms with E-state index in [2.05, 4.69) is 29.2 Å². The highest BCUT2D eigenvalue weighted by atomic mass is 31.2. The number of nitrogens with two attached hydrogens (primary N) is 1. The van der Waals surface area contributed by atoms with Gasteiger partial charge in [0.05, 0.1) is 31.8 Å². The first kappa shape index (κ1) is 60.2. The van der Waals surface area contributed by atoms with Crippen molar-refractivity contribution in [3.63, 3.8) is 0 Å². The van der Waals surface area contributed by atoms with Crippen molar-refractivity contribution in [2.45, 2.75) is 176 Å². The van der Waals surface area contributed by atoms with Crippen molar-refractivity contribution in [1.29, 1.82) is 0 Å². The first-order valence-electron chi connectivity index (χ1n) is 24.6. The third-order valence-corrected chi connectivity index (χ3v) is 13.2. The van der Waals surface area contributed by atoms with Gasteiger partial charge in [-0.3, -0.25) is 43.3 Å². The molecule has 0 aliphatic carbocycles. The van der Waals surface area contributed by atoms with Crippen LogP contribution in [0.3, 0.4) is 0 Å². The summed E-state index contributed by atoms with van der Waals surface area (Å²) < 4.78 is 43.4. The number of benzene rings is 1. The van der Waals surface area contributed by atoms with Gasteiger partial charge < -0.3 is 29.2 Å². The number of hydrogen-bond donors (Lipinski definition) is 1. The highest BCUT2D eigenvalue weighted by Gasteiger charge is 2.32. The van der Waals surface area contributed by atoms with Crippen molar-refractivity contribution in [1.82, 2.24) is 19.6 Å². The maximum atomic E-state index is 14.0. The van der Waals surface area contributed by atoms with Gasteiger partial charge in [0.25, 0.3) is 0 Å². The SMILES string of the molecule is CC(C)(C)OC(=O)CN1CCN(CC(=O)OC(C)(C)C)CCN(CC(=O)OC(C)(C)C)[C@@H](Cc2ccc(CCCP(=O)(CCCCCN)OC(C)(C)C)cc2)CN(CC(=O)OC(C)(C)C)CC1. The van der Waals surface area contributed by atoms with Gasteiger partial charge in [0.15, 0.2) is 0 Å². The molecule has 67 heavy (non-hydrogen) atoms. The van der Waals surface area contributed by atoms with E-state index in [0.29, 0.717) is 71.1 Å². The van der Waals surface area contributed by atoms with Crippen LogP contribution >= 0.6 is 7.37 Å². The van der Waals surface area contributed by atoms with Crippen LogP contribution < -0.4 is 5.73 Å². The summed E-state index contributed by atoms with van der Waals surface area (Å²) in [6.45, 7) is 31.4. The molecule has 16 heteroatoms. The van der Waals surface area contributed by atoms with Gasteiger partial charge in [-0.15, -0.1) is 0 Å². The second-order valence-electron chi connectivity index (χ2n) is 23.2. The minimum absolute atomic E-state index is 0.00612. The number of carbonyl (C=O) groups is 4. The summed E-state index contributed by atoms with van der Waals surface area (Å²) in [6.07, 6.45) is 5.71. The minimum atomic E-state index is -2.85. The molecule has 1 fully saturated rings. The summed E-state index contributed by atoms with van der Waals surface area (Å²) in [4.78, 5) is 62.0. The zero-order valence-electron chi connectivity index (χ0n) is 44.4. The van der Waals surface area contributed by atoms with E-state index < -0.39 is 35.4 Å². The Bertz CT molecular complexity index is 1720. The molecule has 1 aliphatic rings. The molecule has 1 unspecified atom stereocenters. The molecule has 15 nitrogen and oxygen atoms in total. The highest BCUT2D eigenvalue weighted by molar-refractivity contribution is 7.59. The van der Waals surface area contributed by atoms with Gasteiger partial charge in [0.2, 0.25) is 7.37 Å². The van der Waals surface area contributed by atoms with E-state index in [0.717, 1.165) is 43.2 Å². The molecule has 2 N–H and O–H groups in total. The lowest BCUT2D eigenvalue weighted by Gasteiger charge is -2.39. The highest BCUT2D eigenvalue weighted by Crippen LogP contribution is 2.51. The average molecular weight is 966 g/mol. The number of ether oxygens (including phenoxy) is 4. The zero-order valence-corrected chi connectivity index (χ0v) is 45.3. The molecular weight excluding hydrogens is 874 g/mol. The van der Waals surface area contributed by atoms with Crippen LogP contribution in [0.25, 0.3) is 0 Å². The van der Waals surface area contributed by atoms with Gasteiger partial charge in [0, 0.05) is 64.2 Å². The van der Waals surface area contributed by atoms with E-state index in [4.69, 9.17) is 29.2 Å². The monoisotopic (exact) mass is 966 g/mol. The van der Waals surface area contributed by atoms with Crippen LogP contribution in [0.15, 0.2) is 24.3 Å². The molecule has 2 rings (SSSR count). The fourth-order valence-corrected chi connectivity index (χ4v) is 10.6. The molecule has 0 radical (unpaired) electrons. The van der Waals surface area contributed by atoms with Gasteiger partial charge in [-0.25, -0.2) is 0 Å². The molecular formula is C51H92N5O10P. The Morgan fingerprint density at radius 3 is 1.34 bits per heavy atom. The summed E-state index contributed by atoms with van der Waals surface area (Å²) in [5.74, 6) is -1.50. The van der Waals surface area contributed by atoms with Gasteiger partial charge in [-0.2, -0.15) is 0 Å². The Morgan fingerprint density at radius 2 is 0.910 bits per heavy atom. The van der Waals surface area contributed by atoms with Crippen molar-refractivity contribution in [2.24, 2.45) is 5.73 Å². The minimum Gasteiger partial charge on any atom is -0.459 e. The van der Waals surface area contributed by atoms with Crippen molar-refractivity contribution >= 4 is 31.2 Å². The van der Waals surface area contributed by atoms with Crippen molar-refractivity contribution < 1.29 is 47.2 Å². The Hall–Kier alpha value is -2.91. The summed E-state index contributed by atoms with van der Waals surface area (Å²) in [5.41, 5.74) is 4.59. The predicted octanol–water partition coefficient (Wildman–Crippen LogP) is 7.34. The normalized spacial score (nSPS) is 18.3. The number of rotatable bonds is 20. The first-order valence-corrected chi connectivity index (χ1v) is 26.6. The largest absolute Gasteiger partial charge is 0.459 e. The lowest BCUT2D eigenvalue weighted by atomic mass is 10.0. The molecule has 0 saturated carbocycles. The van der Waals surface area contributed by atoms with Gasteiger partial charge >= 0.3 is 23.9 Å². The lowest BCUT2D eigenvalue weighted by Crippen LogP contribution is -2.54. The maximum Gasteiger partial charge on any atom is 0.320 e. The number of nitrogens with zero attached hydrogens (tertiary/aromatic N) is 4. The predicted molar refractivity (Wildman–Crippen MR) is 268 cm³/mol. The second kappa shape index (κ2) is 26.9. The molecule has 0 bridgehead atoms. The summed E-state index contributed by atoms with van der Waals surface area (Å²) in [5, 5.41) is 0. The Kier molecular flexibility index (Phi) is 24.2. The van der Waals surface area contributed by atoms with Crippen LogP contribution in [-0.4, -0.2) is 168 Å². The third kappa shape index (κ3) is 29.0. The number of esters is 4. The van der Waals surface area contributed by atoms with Crippen LogP contribution in [0, 0.1) is 0 Å². The molecule has 0 spiro atoms. The van der Waals surface area contributed by atoms with Crippen molar-refractivity contribution in [3.05, 3.63) is 35.4 Å². The zero-order chi connectivity index (χ0) is 50.9. The van der Waals surface area contributed by atoms with Crippen LogP contribution in [0.4, 0.5) is 0 Å². The van der Waals surface area contributed by atoms with Gasteiger partial charge in [0.1, 0.15) is 22.4 Å². The summed E-state index contributed by atoms with van der Waals surface area (Å²) in [7, 11) is -2.85. The molecule has 0 aromatic heterocycles. The molecule has 386 valence electrons. The van der Waals surface area contributed by atoms with E-state index in [1.807, 2.05) is 119 Å². The average Bonchev–Trinajstić information content (AvgIpc) is 3.12. The van der Waals surface area contributed by atoms with E-state index in [1.165, 1.54) is 0 Å².